The highest BCUT2D eigenvalue weighted by atomic mass is 32.1. The number of rotatable bonds is 4. The van der Waals surface area contributed by atoms with Gasteiger partial charge in [-0.15, -0.1) is 11.3 Å². The normalized spacial score (nSPS) is 12.4. The number of benzene rings is 1. The molecule has 1 aromatic heterocycles. The highest BCUT2D eigenvalue weighted by Crippen LogP contribution is 2.20. The van der Waals surface area contributed by atoms with Crippen LogP contribution in [-0.2, 0) is 4.79 Å². The minimum absolute atomic E-state index is 0.181. The van der Waals surface area contributed by atoms with Crippen molar-refractivity contribution >= 4 is 22.9 Å². The van der Waals surface area contributed by atoms with Gasteiger partial charge >= 0.3 is 0 Å². The van der Waals surface area contributed by atoms with Crippen molar-refractivity contribution < 1.29 is 4.79 Å². The molecule has 2 rings (SSSR count). The van der Waals surface area contributed by atoms with Crippen molar-refractivity contribution in [1.82, 2.24) is 0 Å². The molecule has 3 nitrogen and oxygen atoms in total. The minimum Gasteiger partial charge on any atom is -0.324 e. The van der Waals surface area contributed by atoms with Crippen LogP contribution in [0.1, 0.15) is 36.2 Å². The predicted octanol–water partition coefficient (Wildman–Crippen LogP) is 3.51. The van der Waals surface area contributed by atoms with Gasteiger partial charge in [-0.25, -0.2) is 0 Å². The molecule has 0 saturated carbocycles. The molecule has 1 amide bonds. The van der Waals surface area contributed by atoms with Gasteiger partial charge in [-0.1, -0.05) is 32.0 Å². The molecule has 1 aromatic carbocycles. The zero-order valence-electron chi connectivity index (χ0n) is 11.1. The maximum absolute atomic E-state index is 12.0. The van der Waals surface area contributed by atoms with Crippen LogP contribution in [-0.4, -0.2) is 5.91 Å². The molecule has 2 aromatic rings. The third kappa shape index (κ3) is 3.43. The van der Waals surface area contributed by atoms with Gasteiger partial charge in [0.1, 0.15) is 6.04 Å². The second-order valence-electron chi connectivity index (χ2n) is 4.76. The van der Waals surface area contributed by atoms with E-state index in [0.717, 1.165) is 10.6 Å². The topological polar surface area (TPSA) is 55.1 Å². The van der Waals surface area contributed by atoms with Gasteiger partial charge in [0.15, 0.2) is 0 Å². The van der Waals surface area contributed by atoms with Gasteiger partial charge in [0.05, 0.1) is 0 Å². The molecule has 100 valence electrons. The number of anilines is 1. The second-order valence-corrected chi connectivity index (χ2v) is 5.74. The molecule has 1 heterocycles. The van der Waals surface area contributed by atoms with Gasteiger partial charge in [-0.3, -0.25) is 4.79 Å². The summed E-state index contributed by atoms with van der Waals surface area (Å²) in [6.45, 7) is 4.28. The first-order chi connectivity index (χ1) is 9.08. The molecule has 1 atom stereocenters. The second kappa shape index (κ2) is 5.99. The molecule has 0 spiro atoms. The van der Waals surface area contributed by atoms with Crippen molar-refractivity contribution in [1.29, 1.82) is 0 Å². The molecule has 1 unspecified atom stereocenters. The van der Waals surface area contributed by atoms with E-state index in [1.54, 1.807) is 0 Å². The van der Waals surface area contributed by atoms with Gasteiger partial charge in [0.2, 0.25) is 5.91 Å². The van der Waals surface area contributed by atoms with Gasteiger partial charge in [0, 0.05) is 10.6 Å². The van der Waals surface area contributed by atoms with E-state index >= 15 is 0 Å². The largest absolute Gasteiger partial charge is 0.324 e. The first kappa shape index (κ1) is 13.8. The Morgan fingerprint density at radius 2 is 1.89 bits per heavy atom. The van der Waals surface area contributed by atoms with E-state index in [9.17, 15) is 4.79 Å². The fourth-order valence-corrected chi connectivity index (χ4v) is 2.49. The van der Waals surface area contributed by atoms with E-state index in [1.165, 1.54) is 16.9 Å². The van der Waals surface area contributed by atoms with E-state index < -0.39 is 6.04 Å². The van der Waals surface area contributed by atoms with Crippen molar-refractivity contribution in [3.8, 4) is 0 Å². The van der Waals surface area contributed by atoms with Crippen molar-refractivity contribution in [2.45, 2.75) is 25.8 Å². The Bertz CT molecular complexity index is 532. The summed E-state index contributed by atoms with van der Waals surface area (Å²) in [4.78, 5) is 12.9. The van der Waals surface area contributed by atoms with Crippen LogP contribution in [0.2, 0.25) is 0 Å². The molecule has 0 aliphatic heterocycles. The summed E-state index contributed by atoms with van der Waals surface area (Å²) in [5, 5.41) is 4.76. The zero-order valence-corrected chi connectivity index (χ0v) is 11.9. The standard InChI is InChI=1S/C15H18N2OS/c1-10(2)11-5-7-12(8-6-11)17-15(18)14(16)13-4-3-9-19-13/h3-10,14H,16H2,1-2H3,(H,17,18). The van der Waals surface area contributed by atoms with Crippen molar-refractivity contribution in [2.24, 2.45) is 5.73 Å². The molecule has 0 saturated heterocycles. The van der Waals surface area contributed by atoms with E-state index in [4.69, 9.17) is 5.73 Å². The summed E-state index contributed by atoms with van der Waals surface area (Å²) in [7, 11) is 0. The molecular formula is C15H18N2OS. The van der Waals surface area contributed by atoms with Crippen LogP contribution < -0.4 is 11.1 Å². The van der Waals surface area contributed by atoms with Gasteiger partial charge in [-0.05, 0) is 35.1 Å². The first-order valence-corrected chi connectivity index (χ1v) is 7.15. The van der Waals surface area contributed by atoms with Crippen LogP contribution >= 0.6 is 11.3 Å². The highest BCUT2D eigenvalue weighted by molar-refractivity contribution is 7.10. The van der Waals surface area contributed by atoms with E-state index in [2.05, 4.69) is 19.2 Å². The average molecular weight is 274 g/mol. The lowest BCUT2D eigenvalue weighted by molar-refractivity contribution is -0.117. The SMILES string of the molecule is CC(C)c1ccc(NC(=O)C(N)c2cccs2)cc1. The van der Waals surface area contributed by atoms with Crippen LogP contribution in [0.15, 0.2) is 41.8 Å². The van der Waals surface area contributed by atoms with Crippen LogP contribution in [0.25, 0.3) is 0 Å². The Balaban J connectivity index is 2.02. The zero-order chi connectivity index (χ0) is 13.8. The number of carbonyl (C=O) groups is 1. The molecule has 0 radical (unpaired) electrons. The maximum atomic E-state index is 12.0. The Labute approximate surface area is 117 Å². The highest BCUT2D eigenvalue weighted by Gasteiger charge is 2.16. The van der Waals surface area contributed by atoms with Crippen LogP contribution in [0.4, 0.5) is 5.69 Å². The molecule has 0 aliphatic carbocycles. The molecule has 0 aliphatic rings. The van der Waals surface area contributed by atoms with E-state index in [1.807, 2.05) is 41.8 Å². The van der Waals surface area contributed by atoms with Gasteiger partial charge in [-0.2, -0.15) is 0 Å². The van der Waals surface area contributed by atoms with Crippen molar-refractivity contribution in [3.05, 3.63) is 52.2 Å². The molecule has 0 fully saturated rings. The smallest absolute Gasteiger partial charge is 0.246 e. The van der Waals surface area contributed by atoms with Crippen LogP contribution in [0.3, 0.4) is 0 Å². The molecule has 19 heavy (non-hydrogen) atoms. The summed E-state index contributed by atoms with van der Waals surface area (Å²) >= 11 is 1.49. The number of nitrogens with two attached hydrogens (primary N) is 1. The Kier molecular flexibility index (Phi) is 4.35. The van der Waals surface area contributed by atoms with Gasteiger partial charge in [0.25, 0.3) is 0 Å². The number of nitrogens with one attached hydrogen (secondary N) is 1. The summed E-state index contributed by atoms with van der Waals surface area (Å²) in [5.74, 6) is 0.304. The first-order valence-electron chi connectivity index (χ1n) is 6.27. The number of carbonyl (C=O) groups excluding carboxylic acids is 1. The Hall–Kier alpha value is -1.65. The molecule has 0 bridgehead atoms. The number of amides is 1. The third-order valence-electron chi connectivity index (χ3n) is 2.98. The number of hydrogen-bond acceptors (Lipinski definition) is 3. The third-order valence-corrected chi connectivity index (χ3v) is 3.93. The summed E-state index contributed by atoms with van der Waals surface area (Å²) in [6.07, 6.45) is 0. The van der Waals surface area contributed by atoms with E-state index in [0.29, 0.717) is 5.92 Å². The van der Waals surface area contributed by atoms with Gasteiger partial charge < -0.3 is 11.1 Å². The van der Waals surface area contributed by atoms with Crippen molar-refractivity contribution in [3.63, 3.8) is 0 Å². The quantitative estimate of drug-likeness (QED) is 0.896. The molecule has 3 N–H and O–H groups in total. The van der Waals surface area contributed by atoms with Crippen molar-refractivity contribution in [2.75, 3.05) is 5.32 Å². The monoisotopic (exact) mass is 274 g/mol. The minimum atomic E-state index is -0.607. The van der Waals surface area contributed by atoms with Crippen LogP contribution in [0.5, 0.6) is 0 Å². The van der Waals surface area contributed by atoms with E-state index in [-0.39, 0.29) is 5.91 Å². The summed E-state index contributed by atoms with van der Waals surface area (Å²) in [5.41, 5.74) is 7.94. The lowest BCUT2D eigenvalue weighted by atomic mass is 10.0. The fourth-order valence-electron chi connectivity index (χ4n) is 1.77. The molecule has 4 heteroatoms. The molecular weight excluding hydrogens is 256 g/mol. The Morgan fingerprint density at radius 3 is 2.42 bits per heavy atom. The maximum Gasteiger partial charge on any atom is 0.246 e. The Morgan fingerprint density at radius 1 is 1.21 bits per heavy atom. The average Bonchev–Trinajstić information content (AvgIpc) is 2.92. The summed E-state index contributed by atoms with van der Waals surface area (Å²) in [6, 6.07) is 11.0. The lowest BCUT2D eigenvalue weighted by Crippen LogP contribution is -2.26. The number of thiophene rings is 1. The number of hydrogen-bond donors (Lipinski definition) is 2. The lowest BCUT2D eigenvalue weighted by Gasteiger charge is -2.12. The van der Waals surface area contributed by atoms with Crippen LogP contribution in [0, 0.1) is 0 Å². The fraction of sp³-hybridized carbons (Fsp3) is 0.267. The summed E-state index contributed by atoms with van der Waals surface area (Å²) < 4.78 is 0. The predicted molar refractivity (Wildman–Crippen MR) is 80.4 cm³/mol.